The highest BCUT2D eigenvalue weighted by Crippen LogP contribution is 2.55. The predicted octanol–water partition coefficient (Wildman–Crippen LogP) is 14.3. The van der Waals surface area contributed by atoms with Gasteiger partial charge in [-0.15, -0.1) is 11.3 Å². The molecule has 0 fully saturated rings. The number of hydrogen-bond donors (Lipinski definition) is 0. The maximum Gasteiger partial charge on any atom is 0.0540 e. The van der Waals surface area contributed by atoms with Gasteiger partial charge >= 0.3 is 0 Å². The average Bonchev–Trinajstić information content (AvgIpc) is 3.67. The van der Waals surface area contributed by atoms with Crippen LogP contribution < -0.4 is 4.90 Å². The second-order valence-electron chi connectivity index (χ2n) is 14.1. The van der Waals surface area contributed by atoms with Crippen LogP contribution in [0.5, 0.6) is 0 Å². The number of rotatable bonds is 5. The summed E-state index contributed by atoms with van der Waals surface area (Å²) in [5, 5.41) is 5.17. The van der Waals surface area contributed by atoms with Crippen molar-refractivity contribution in [1.82, 2.24) is 0 Å². The summed E-state index contributed by atoms with van der Waals surface area (Å²) >= 11 is 1.87. The Kier molecular flexibility index (Phi) is 6.78. The van der Waals surface area contributed by atoms with Crippen molar-refractivity contribution in [2.75, 3.05) is 4.90 Å². The maximum atomic E-state index is 2.50. The molecular weight excluding hydrogens is 635 g/mol. The third-order valence-corrected chi connectivity index (χ3v) is 12.0. The van der Waals surface area contributed by atoms with Crippen molar-refractivity contribution >= 4 is 59.3 Å². The minimum Gasteiger partial charge on any atom is -0.310 e. The van der Waals surface area contributed by atoms with Crippen molar-refractivity contribution in [3.8, 4) is 33.4 Å². The van der Waals surface area contributed by atoms with Crippen LogP contribution in [0, 0.1) is 0 Å². The third kappa shape index (κ3) is 4.67. The van der Waals surface area contributed by atoms with Gasteiger partial charge in [-0.3, -0.25) is 0 Å². The van der Waals surface area contributed by atoms with E-state index in [-0.39, 0.29) is 5.41 Å². The fourth-order valence-electron chi connectivity index (χ4n) is 8.49. The van der Waals surface area contributed by atoms with Gasteiger partial charge in [-0.1, -0.05) is 153 Å². The van der Waals surface area contributed by atoms with E-state index in [0.29, 0.717) is 0 Å². The summed E-state index contributed by atoms with van der Waals surface area (Å²) in [5.41, 5.74) is 13.6. The van der Waals surface area contributed by atoms with Crippen LogP contribution in [0.15, 0.2) is 176 Å². The van der Waals surface area contributed by atoms with E-state index >= 15 is 0 Å². The van der Waals surface area contributed by atoms with Crippen molar-refractivity contribution in [3.05, 3.63) is 187 Å². The van der Waals surface area contributed by atoms with Gasteiger partial charge in [0.25, 0.3) is 0 Å². The molecule has 51 heavy (non-hydrogen) atoms. The summed E-state index contributed by atoms with van der Waals surface area (Å²) in [6, 6.07) is 64.9. The Hall–Kier alpha value is -5.96. The summed E-state index contributed by atoms with van der Waals surface area (Å²) in [5.74, 6) is 0. The number of hydrogen-bond acceptors (Lipinski definition) is 2. The first-order valence-electron chi connectivity index (χ1n) is 17.7. The van der Waals surface area contributed by atoms with E-state index in [1.165, 1.54) is 81.1 Å². The van der Waals surface area contributed by atoms with Crippen LogP contribution in [-0.4, -0.2) is 0 Å². The Morgan fingerprint density at radius 3 is 1.92 bits per heavy atom. The molecule has 242 valence electrons. The molecule has 0 radical (unpaired) electrons. The SMILES string of the molecule is CC1(C)c2ccccc2-c2cccc(N(c3ccc(-c4cccc5ccccc45)cc3)c3ccccc3-c3ccc4c(c3)sc3ccccc34)c21. The number of para-hydroxylation sites is 1. The summed E-state index contributed by atoms with van der Waals surface area (Å²) in [7, 11) is 0. The minimum atomic E-state index is -0.172. The smallest absolute Gasteiger partial charge is 0.0540 e. The largest absolute Gasteiger partial charge is 0.310 e. The lowest BCUT2D eigenvalue weighted by Crippen LogP contribution is -2.21. The molecule has 10 rings (SSSR count). The first-order valence-corrected chi connectivity index (χ1v) is 18.5. The first kappa shape index (κ1) is 29.9. The van der Waals surface area contributed by atoms with Gasteiger partial charge in [0.1, 0.15) is 0 Å². The zero-order valence-corrected chi connectivity index (χ0v) is 29.4. The van der Waals surface area contributed by atoms with Gasteiger partial charge in [-0.05, 0) is 86.1 Å². The zero-order chi connectivity index (χ0) is 34.1. The molecule has 0 N–H and O–H groups in total. The number of thiophene rings is 1. The topological polar surface area (TPSA) is 3.24 Å². The molecule has 8 aromatic carbocycles. The van der Waals surface area contributed by atoms with E-state index in [9.17, 15) is 0 Å². The molecule has 0 amide bonds. The second kappa shape index (κ2) is 11.6. The molecular formula is C49H35NS. The van der Waals surface area contributed by atoms with E-state index in [1.54, 1.807) is 0 Å². The van der Waals surface area contributed by atoms with Crippen LogP contribution in [0.3, 0.4) is 0 Å². The molecule has 0 spiro atoms. The number of fused-ring (bicyclic) bond motifs is 7. The quantitative estimate of drug-likeness (QED) is 0.176. The summed E-state index contributed by atoms with van der Waals surface area (Å²) in [4.78, 5) is 2.50. The van der Waals surface area contributed by atoms with Crippen molar-refractivity contribution in [1.29, 1.82) is 0 Å². The maximum absolute atomic E-state index is 2.50. The lowest BCUT2D eigenvalue weighted by molar-refractivity contribution is 0.661. The first-order chi connectivity index (χ1) is 25.1. The molecule has 1 nitrogen and oxygen atoms in total. The Labute approximate surface area is 302 Å². The van der Waals surface area contributed by atoms with Gasteiger partial charge in [-0.2, -0.15) is 0 Å². The summed E-state index contributed by atoms with van der Waals surface area (Å²) < 4.78 is 2.64. The molecule has 0 saturated heterocycles. The Morgan fingerprint density at radius 1 is 0.431 bits per heavy atom. The number of anilines is 3. The highest BCUT2D eigenvalue weighted by atomic mass is 32.1. The lowest BCUT2D eigenvalue weighted by Gasteiger charge is -2.33. The number of nitrogens with zero attached hydrogens (tertiary/aromatic N) is 1. The molecule has 9 aromatic rings. The number of benzene rings is 8. The Bertz CT molecular complexity index is 2780. The van der Waals surface area contributed by atoms with Crippen molar-refractivity contribution in [3.63, 3.8) is 0 Å². The van der Waals surface area contributed by atoms with E-state index in [2.05, 4.69) is 195 Å². The Balaban J connectivity index is 1.19. The van der Waals surface area contributed by atoms with E-state index in [1.807, 2.05) is 11.3 Å². The molecule has 0 unspecified atom stereocenters. The standard InChI is InChI=1S/C49H35NS/c1-49(2)43-21-8-5-17-39(43)42-20-12-23-45(48(42)49)50(35-28-25-33(26-29-35)37-19-11-14-32-13-3-4-15-36(32)37)44-22-9-6-16-38(44)34-27-30-41-40-18-7-10-24-46(40)51-47(41)31-34/h3-31H,1-2H3. The summed E-state index contributed by atoms with van der Waals surface area (Å²) in [6.07, 6.45) is 0. The average molecular weight is 670 g/mol. The third-order valence-electron chi connectivity index (χ3n) is 10.9. The van der Waals surface area contributed by atoms with Gasteiger partial charge in [0.2, 0.25) is 0 Å². The highest BCUT2D eigenvalue weighted by molar-refractivity contribution is 7.25. The molecule has 0 atom stereocenters. The van der Waals surface area contributed by atoms with Gasteiger partial charge in [0.05, 0.1) is 11.4 Å². The van der Waals surface area contributed by atoms with Gasteiger partial charge < -0.3 is 4.90 Å². The zero-order valence-electron chi connectivity index (χ0n) is 28.6. The molecule has 1 aliphatic carbocycles. The molecule has 1 heterocycles. The van der Waals surface area contributed by atoms with Gasteiger partial charge in [-0.25, -0.2) is 0 Å². The normalized spacial score (nSPS) is 13.1. The van der Waals surface area contributed by atoms with Crippen LogP contribution in [0.2, 0.25) is 0 Å². The summed E-state index contributed by atoms with van der Waals surface area (Å²) in [6.45, 7) is 4.76. The second-order valence-corrected chi connectivity index (χ2v) is 15.2. The van der Waals surface area contributed by atoms with Gasteiger partial charge in [0, 0.05) is 36.8 Å². The van der Waals surface area contributed by atoms with Crippen LogP contribution in [0.25, 0.3) is 64.3 Å². The van der Waals surface area contributed by atoms with Crippen LogP contribution in [0.4, 0.5) is 17.1 Å². The van der Waals surface area contributed by atoms with E-state index in [4.69, 9.17) is 0 Å². The Morgan fingerprint density at radius 2 is 1.04 bits per heavy atom. The van der Waals surface area contributed by atoms with Gasteiger partial charge in [0.15, 0.2) is 0 Å². The molecule has 0 saturated carbocycles. The van der Waals surface area contributed by atoms with E-state index in [0.717, 1.165) is 11.4 Å². The van der Waals surface area contributed by atoms with Crippen LogP contribution in [-0.2, 0) is 5.41 Å². The molecule has 0 bridgehead atoms. The van der Waals surface area contributed by atoms with Crippen molar-refractivity contribution in [2.24, 2.45) is 0 Å². The van der Waals surface area contributed by atoms with Crippen LogP contribution >= 0.6 is 11.3 Å². The van der Waals surface area contributed by atoms with E-state index < -0.39 is 0 Å². The highest BCUT2D eigenvalue weighted by Gasteiger charge is 2.39. The fourth-order valence-corrected chi connectivity index (χ4v) is 9.63. The molecule has 1 aliphatic rings. The minimum absolute atomic E-state index is 0.172. The fraction of sp³-hybridized carbons (Fsp3) is 0.0612. The van der Waals surface area contributed by atoms with Crippen molar-refractivity contribution < 1.29 is 0 Å². The molecule has 0 aliphatic heterocycles. The monoisotopic (exact) mass is 669 g/mol. The molecule has 2 heteroatoms. The molecule has 1 aromatic heterocycles. The van der Waals surface area contributed by atoms with Crippen LogP contribution in [0.1, 0.15) is 25.0 Å². The predicted molar refractivity (Wildman–Crippen MR) is 220 cm³/mol. The van der Waals surface area contributed by atoms with Crippen molar-refractivity contribution in [2.45, 2.75) is 19.3 Å². The lowest BCUT2D eigenvalue weighted by atomic mass is 9.81.